The monoisotopic (exact) mass is 1930 g/mol. The van der Waals surface area contributed by atoms with Gasteiger partial charge in [0.2, 0.25) is 0 Å². The molecule has 127 heavy (non-hydrogen) atoms. The number of benzene rings is 14. The molecule has 640 valence electrons. The average molecular weight is 1940 g/mol. The first-order valence-corrected chi connectivity index (χ1v) is 47.9. The predicted molar refractivity (Wildman–Crippen MR) is 546 cm³/mol. The molecular weight excluding hydrogens is 1840 g/mol. The third kappa shape index (κ3) is 27.4. The molecule has 0 radical (unpaired) electrons. The minimum absolute atomic E-state index is 0. The number of nitrogens with zero attached hydrogens (tertiary/aromatic N) is 5. The summed E-state index contributed by atoms with van der Waals surface area (Å²) in [6, 6.07) is 148. The second-order valence-electron chi connectivity index (χ2n) is 30.6. The fourth-order valence-electron chi connectivity index (χ4n) is 13.4. The van der Waals surface area contributed by atoms with Crippen LogP contribution in [0.25, 0.3) is 32.9 Å². The standard InChI is InChI=1S/C18H25BN2O4.4C18H15P.C12H8ClN3.C5H3BrClN.CH4.Pd/c1-16(2,3)23-15(22)21-14-9-8-13(10-12(14)11-20-21)19-24-17(4,5)18(6,7)25-19;4*1-4-10-16(11-5-1)19(17-12-6-2-7-13-17)18-14-8-3-9-15-18;13-12-10(2-1-5-14-12)8-3-4-11-9(6-8)7-15-16-11;6-4-2-1-3-8-5(4)7;;/h8-11H,1-7H3;4*1-15H;1-7H,(H,15,16);1-3H;1H4;. The van der Waals surface area contributed by atoms with Crippen molar-refractivity contribution in [3.63, 3.8) is 0 Å². The number of hydrogen-bond acceptors (Lipinski definition) is 8. The summed E-state index contributed by atoms with van der Waals surface area (Å²) < 4.78 is 19.7. The molecule has 0 aliphatic carbocycles. The largest absolute Gasteiger partial charge is 0.494 e. The van der Waals surface area contributed by atoms with E-state index in [0.717, 1.165) is 37.4 Å². The molecule has 10 nitrogen and oxygen atoms in total. The Kier molecular flexibility index (Phi) is 36.9. The molecule has 18 aromatic rings. The maximum Gasteiger partial charge on any atom is 0.494 e. The van der Waals surface area contributed by atoms with Crippen LogP contribution in [0.5, 0.6) is 0 Å². The van der Waals surface area contributed by atoms with Crippen molar-refractivity contribution in [3.05, 3.63) is 464 Å². The zero-order chi connectivity index (χ0) is 87.2. The second-order valence-corrected chi connectivity index (χ2v) is 41.1. The van der Waals surface area contributed by atoms with Crippen LogP contribution < -0.4 is 69.1 Å². The van der Waals surface area contributed by atoms with E-state index in [1.165, 1.54) is 68.3 Å². The number of aromatic amines is 1. The minimum atomic E-state index is -0.571. The fourth-order valence-corrected chi connectivity index (χ4v) is 23.2. The van der Waals surface area contributed by atoms with Gasteiger partial charge in [0.05, 0.1) is 39.1 Å². The van der Waals surface area contributed by atoms with Gasteiger partial charge in [-0.15, -0.1) is 0 Å². The molecule has 0 bridgehead atoms. The molecule has 0 amide bonds. The number of nitrogens with one attached hydrogen (secondary N) is 1. The van der Waals surface area contributed by atoms with E-state index in [-0.39, 0.29) is 27.8 Å². The third-order valence-electron chi connectivity index (χ3n) is 20.1. The van der Waals surface area contributed by atoms with Gasteiger partial charge in [0.15, 0.2) is 0 Å². The molecule has 1 fully saturated rings. The Morgan fingerprint density at radius 3 is 0.961 bits per heavy atom. The van der Waals surface area contributed by atoms with Gasteiger partial charge in [-0.05, 0) is 213 Å². The van der Waals surface area contributed by atoms with E-state index in [0.29, 0.717) is 15.8 Å². The van der Waals surface area contributed by atoms with Crippen molar-refractivity contribution < 1.29 is 39.3 Å². The minimum Gasteiger partial charge on any atom is -0.442 e. The third-order valence-corrected chi connectivity index (χ3v) is 31.3. The average Bonchev–Trinajstić information content (AvgIpc) is 1.62. The Balaban J connectivity index is 0.000000145. The molecule has 19 rings (SSSR count). The quantitative estimate of drug-likeness (QED) is 0.0650. The molecule has 1 aliphatic heterocycles. The number of pyridine rings is 2. The van der Waals surface area contributed by atoms with E-state index in [2.05, 4.69) is 405 Å². The molecule has 0 spiro atoms. The van der Waals surface area contributed by atoms with Crippen LogP contribution in [0.4, 0.5) is 4.79 Å². The number of ether oxygens (including phenoxy) is 1. The van der Waals surface area contributed by atoms with Crippen LogP contribution in [0.15, 0.2) is 454 Å². The molecule has 0 saturated carbocycles. The van der Waals surface area contributed by atoms with E-state index in [1.807, 2.05) is 109 Å². The van der Waals surface area contributed by atoms with Gasteiger partial charge in [-0.3, -0.25) is 5.10 Å². The Labute approximate surface area is 785 Å². The topological polar surface area (TPSA) is 117 Å². The summed E-state index contributed by atoms with van der Waals surface area (Å²) in [7, 11) is -2.23. The maximum atomic E-state index is 12.3. The fraction of sp³-hybridized carbons (Fsp3) is 0.102. The molecule has 14 aromatic carbocycles. The van der Waals surface area contributed by atoms with Crippen molar-refractivity contribution >= 4 is 175 Å². The first-order valence-electron chi connectivity index (χ1n) is 41.0. The number of H-pyrrole nitrogens is 1. The molecule has 0 unspecified atom stereocenters. The summed E-state index contributed by atoms with van der Waals surface area (Å²) in [6.07, 6.45) is 6.28. The number of fused-ring (bicyclic) bond motifs is 2. The van der Waals surface area contributed by atoms with Gasteiger partial charge in [-0.2, -0.15) is 14.9 Å². The first-order chi connectivity index (χ1) is 60.8. The summed E-state index contributed by atoms with van der Waals surface area (Å²) >= 11 is 14.8. The van der Waals surface area contributed by atoms with Crippen molar-refractivity contribution in [2.24, 2.45) is 0 Å². The van der Waals surface area contributed by atoms with Crippen LogP contribution >= 0.6 is 70.8 Å². The SMILES string of the molecule is C.CC(C)(C)OC(=O)n1ncc2cc(B3OC(C)(C)C(C)(C)O3)ccc21.Clc1ncccc1-c1ccc2[nH]ncc2c1.Clc1ncccc1Br.[Pd].c1ccc(P(c2ccccc2)c2ccccc2)cc1.c1ccc(P(c2ccccc2)c2ccccc2)cc1.c1ccc(P(c2ccccc2)c2ccccc2)cc1.c1ccc(P(c2ccccc2)c2ccccc2)cc1. The molecule has 5 heterocycles. The molecular formula is C108H100BBrCl2N6O4P4Pd. The van der Waals surface area contributed by atoms with Crippen LogP contribution in [0.1, 0.15) is 55.9 Å². The van der Waals surface area contributed by atoms with Gasteiger partial charge in [0, 0.05) is 49.2 Å². The number of aromatic nitrogens is 6. The zero-order valence-corrected chi connectivity index (χ0v) is 79.1. The number of rotatable bonds is 14. The van der Waals surface area contributed by atoms with Crippen molar-refractivity contribution in [3.8, 4) is 11.1 Å². The molecule has 4 aromatic heterocycles. The second kappa shape index (κ2) is 48.4. The van der Waals surface area contributed by atoms with Crippen molar-refractivity contribution in [2.75, 3.05) is 0 Å². The Morgan fingerprint density at radius 1 is 0.386 bits per heavy atom. The number of carbonyl (C=O) groups excluding carboxylic acids is 1. The molecule has 1 N–H and O–H groups in total. The normalized spacial score (nSPS) is 12.1. The summed E-state index contributed by atoms with van der Waals surface area (Å²) in [6.45, 7) is 13.6. The molecule has 0 atom stereocenters. The Morgan fingerprint density at radius 2 is 0.685 bits per heavy atom. The van der Waals surface area contributed by atoms with E-state index in [9.17, 15) is 4.79 Å². The molecule has 1 aliphatic rings. The zero-order valence-electron chi connectivity index (χ0n) is 70.9. The van der Waals surface area contributed by atoms with Crippen LogP contribution in [-0.2, 0) is 34.5 Å². The number of halogens is 3. The van der Waals surface area contributed by atoms with E-state index < -0.39 is 61.7 Å². The summed E-state index contributed by atoms with van der Waals surface area (Å²) in [5.74, 6) is 0. The summed E-state index contributed by atoms with van der Waals surface area (Å²) in [5.41, 5.74) is 3.23. The Bertz CT molecular complexity index is 5400. The van der Waals surface area contributed by atoms with Crippen molar-refractivity contribution in [1.29, 1.82) is 0 Å². The van der Waals surface area contributed by atoms with Gasteiger partial charge in [-0.1, -0.05) is 413 Å². The maximum absolute atomic E-state index is 12.3. The van der Waals surface area contributed by atoms with Crippen LogP contribution in [-0.4, -0.2) is 60.0 Å². The van der Waals surface area contributed by atoms with E-state index in [4.69, 9.17) is 37.2 Å². The smallest absolute Gasteiger partial charge is 0.442 e. The molecule has 19 heteroatoms. The van der Waals surface area contributed by atoms with Crippen LogP contribution in [0.3, 0.4) is 0 Å². The number of carbonyl (C=O) groups is 1. The molecule has 1 saturated heterocycles. The van der Waals surface area contributed by atoms with Crippen LogP contribution in [0.2, 0.25) is 10.3 Å². The Hall–Kier alpha value is -10.8. The summed E-state index contributed by atoms with van der Waals surface area (Å²) in [5, 5.41) is 30.8. The van der Waals surface area contributed by atoms with Gasteiger partial charge < -0.3 is 14.0 Å². The van der Waals surface area contributed by atoms with Crippen molar-refractivity contribution in [1.82, 2.24) is 29.9 Å². The van der Waals surface area contributed by atoms with Crippen molar-refractivity contribution in [2.45, 2.75) is 72.7 Å². The number of hydrogen-bond donors (Lipinski definition) is 1. The van der Waals surface area contributed by atoms with E-state index >= 15 is 0 Å². The first kappa shape index (κ1) is 96.8. The van der Waals surface area contributed by atoms with Crippen LogP contribution in [0, 0.1) is 0 Å². The van der Waals surface area contributed by atoms with Gasteiger partial charge in [-0.25, -0.2) is 14.8 Å². The van der Waals surface area contributed by atoms with Gasteiger partial charge in [0.1, 0.15) is 15.9 Å². The summed E-state index contributed by atoms with van der Waals surface area (Å²) in [4.78, 5) is 20.1. The van der Waals surface area contributed by atoms with Gasteiger partial charge in [0.25, 0.3) is 0 Å². The van der Waals surface area contributed by atoms with Gasteiger partial charge >= 0.3 is 13.2 Å². The predicted octanol–water partition coefficient (Wildman–Crippen LogP) is 23.3. The van der Waals surface area contributed by atoms with E-state index in [1.54, 1.807) is 24.8 Å².